The van der Waals surface area contributed by atoms with Crippen LogP contribution >= 0.6 is 15.9 Å². The molecule has 0 aliphatic rings. The summed E-state index contributed by atoms with van der Waals surface area (Å²) in [5.74, 6) is 0. The molecule has 4 aromatic rings. The van der Waals surface area contributed by atoms with E-state index in [0.29, 0.717) is 0 Å². The molecule has 0 saturated heterocycles. The van der Waals surface area contributed by atoms with E-state index in [1.54, 1.807) is 6.33 Å². The molecule has 4 nitrogen and oxygen atoms in total. The van der Waals surface area contributed by atoms with Gasteiger partial charge in [-0.3, -0.25) is 0 Å². The summed E-state index contributed by atoms with van der Waals surface area (Å²) in [5, 5.41) is 0. The first-order valence-corrected chi connectivity index (χ1v) is 7.43. The second-order valence-electron chi connectivity index (χ2n) is 4.97. The Morgan fingerprint density at radius 2 is 1.55 bits per heavy atom. The third kappa shape index (κ3) is 3.54. The summed E-state index contributed by atoms with van der Waals surface area (Å²) in [7, 11) is 0. The Morgan fingerprint density at radius 1 is 0.909 bits per heavy atom. The highest BCUT2D eigenvalue weighted by atomic mass is 79.9. The van der Waals surface area contributed by atoms with E-state index < -0.39 is 0 Å². The Bertz CT molecular complexity index is 892. The summed E-state index contributed by atoms with van der Waals surface area (Å²) in [6.07, 6.45) is 1.71. The number of imidazole rings is 2. The lowest BCUT2D eigenvalue weighted by atomic mass is 10.2. The maximum atomic E-state index is 4.22. The van der Waals surface area contributed by atoms with Gasteiger partial charge < -0.3 is 9.97 Å². The molecule has 2 aromatic carbocycles. The van der Waals surface area contributed by atoms with Crippen molar-refractivity contribution >= 4 is 38.0 Å². The van der Waals surface area contributed by atoms with E-state index in [4.69, 9.17) is 0 Å². The normalized spacial score (nSPS) is 10.1. The van der Waals surface area contributed by atoms with E-state index in [0.717, 1.165) is 26.8 Å². The zero-order chi connectivity index (χ0) is 14.8. The van der Waals surface area contributed by atoms with Gasteiger partial charge in [-0.15, -0.1) is 0 Å². The Labute approximate surface area is 138 Å². The largest absolute Gasteiger partial charge is 0.345 e. The molecule has 22 heavy (non-hydrogen) atoms. The number of aryl methyl sites for hydroxylation is 2. The van der Waals surface area contributed by atoms with Gasteiger partial charge in [0.05, 0.1) is 28.4 Å². The number of H-pyrrole nitrogens is 2. The van der Waals surface area contributed by atoms with Crippen LogP contribution in [-0.4, -0.2) is 19.9 Å². The molecule has 0 atom stereocenters. The van der Waals surface area contributed by atoms with Crippen LogP contribution in [0.2, 0.25) is 0 Å². The SMILES string of the molecule is C.Cc1ccc2nc(Br)[nH]c2c1.Cc1ccc2nc[nH]c2c1. The van der Waals surface area contributed by atoms with Gasteiger partial charge in [0.25, 0.3) is 0 Å². The summed E-state index contributed by atoms with van der Waals surface area (Å²) >= 11 is 3.28. The smallest absolute Gasteiger partial charge is 0.175 e. The van der Waals surface area contributed by atoms with Gasteiger partial charge in [0, 0.05) is 0 Å². The number of aromatic amines is 2. The van der Waals surface area contributed by atoms with Crippen molar-refractivity contribution in [3.8, 4) is 0 Å². The highest BCUT2D eigenvalue weighted by Gasteiger charge is 1.98. The third-order valence-corrected chi connectivity index (χ3v) is 3.56. The average molecular weight is 359 g/mol. The Balaban J connectivity index is 0.000000154. The van der Waals surface area contributed by atoms with E-state index in [2.05, 4.69) is 74.0 Å². The van der Waals surface area contributed by atoms with E-state index in [1.165, 1.54) is 11.1 Å². The molecule has 0 radical (unpaired) electrons. The molecular weight excluding hydrogens is 340 g/mol. The van der Waals surface area contributed by atoms with Crippen molar-refractivity contribution in [1.29, 1.82) is 0 Å². The summed E-state index contributed by atoms with van der Waals surface area (Å²) in [4.78, 5) is 14.5. The number of nitrogens with zero attached hydrogens (tertiary/aromatic N) is 2. The van der Waals surface area contributed by atoms with Crippen molar-refractivity contribution in [2.75, 3.05) is 0 Å². The predicted molar refractivity (Wildman–Crippen MR) is 96.1 cm³/mol. The van der Waals surface area contributed by atoms with Gasteiger partial charge in [-0.2, -0.15) is 0 Å². The molecule has 114 valence electrons. The number of halogens is 1. The molecule has 0 spiro atoms. The van der Waals surface area contributed by atoms with Gasteiger partial charge in [0.1, 0.15) is 0 Å². The average Bonchev–Trinajstić information content (AvgIpc) is 3.03. The first-order chi connectivity index (χ1) is 10.1. The molecule has 0 saturated carbocycles. The molecule has 4 rings (SSSR count). The van der Waals surface area contributed by atoms with Crippen LogP contribution in [0.5, 0.6) is 0 Å². The molecule has 5 heteroatoms. The van der Waals surface area contributed by atoms with Crippen LogP contribution in [-0.2, 0) is 0 Å². The molecule has 2 aromatic heterocycles. The van der Waals surface area contributed by atoms with Gasteiger partial charge in [0.15, 0.2) is 4.73 Å². The van der Waals surface area contributed by atoms with Gasteiger partial charge in [0.2, 0.25) is 0 Å². The highest BCUT2D eigenvalue weighted by molar-refractivity contribution is 9.10. The summed E-state index contributed by atoms with van der Waals surface area (Å²) in [6, 6.07) is 12.3. The maximum Gasteiger partial charge on any atom is 0.175 e. The van der Waals surface area contributed by atoms with Crippen molar-refractivity contribution < 1.29 is 0 Å². The summed E-state index contributed by atoms with van der Waals surface area (Å²) in [5.41, 5.74) is 6.73. The minimum atomic E-state index is 0. The minimum absolute atomic E-state index is 0. The van der Waals surface area contributed by atoms with Gasteiger partial charge in [-0.05, 0) is 65.2 Å². The molecule has 0 amide bonds. The second-order valence-corrected chi connectivity index (χ2v) is 5.72. The number of aromatic nitrogens is 4. The molecule has 0 fully saturated rings. The predicted octanol–water partition coefficient (Wildman–Crippen LogP) is 5.14. The topological polar surface area (TPSA) is 57.4 Å². The Morgan fingerprint density at radius 3 is 2.27 bits per heavy atom. The maximum absolute atomic E-state index is 4.22. The molecule has 2 N–H and O–H groups in total. The Kier molecular flexibility index (Phi) is 4.98. The number of hydrogen-bond acceptors (Lipinski definition) is 2. The van der Waals surface area contributed by atoms with E-state index in [-0.39, 0.29) is 7.43 Å². The lowest BCUT2D eigenvalue weighted by Gasteiger charge is -1.89. The van der Waals surface area contributed by atoms with E-state index in [1.807, 2.05) is 12.1 Å². The second kappa shape index (κ2) is 6.75. The van der Waals surface area contributed by atoms with Crippen molar-refractivity contribution in [3.05, 3.63) is 58.6 Å². The first kappa shape index (κ1) is 16.2. The fourth-order valence-electron chi connectivity index (χ4n) is 2.14. The number of fused-ring (bicyclic) bond motifs is 2. The summed E-state index contributed by atoms with van der Waals surface area (Å²) in [6.45, 7) is 4.13. The highest BCUT2D eigenvalue weighted by Crippen LogP contribution is 2.15. The first-order valence-electron chi connectivity index (χ1n) is 6.63. The molecule has 0 bridgehead atoms. The monoisotopic (exact) mass is 358 g/mol. The third-order valence-electron chi connectivity index (χ3n) is 3.18. The zero-order valence-electron chi connectivity index (χ0n) is 11.8. The fourth-order valence-corrected chi connectivity index (χ4v) is 2.55. The van der Waals surface area contributed by atoms with E-state index in [9.17, 15) is 0 Å². The lowest BCUT2D eigenvalue weighted by Crippen LogP contribution is -1.71. The van der Waals surface area contributed by atoms with Crippen LogP contribution in [0.3, 0.4) is 0 Å². The van der Waals surface area contributed by atoms with Crippen LogP contribution in [0.1, 0.15) is 18.6 Å². The number of hydrogen-bond donors (Lipinski definition) is 2. The van der Waals surface area contributed by atoms with Crippen LogP contribution < -0.4 is 0 Å². The van der Waals surface area contributed by atoms with Crippen LogP contribution in [0.25, 0.3) is 22.1 Å². The zero-order valence-corrected chi connectivity index (χ0v) is 13.4. The molecule has 0 unspecified atom stereocenters. The van der Waals surface area contributed by atoms with Crippen molar-refractivity contribution in [1.82, 2.24) is 19.9 Å². The molecule has 2 heterocycles. The van der Waals surface area contributed by atoms with Gasteiger partial charge in [-0.1, -0.05) is 19.6 Å². The van der Waals surface area contributed by atoms with Crippen molar-refractivity contribution in [2.45, 2.75) is 21.3 Å². The molecule has 0 aliphatic heterocycles. The Hall–Kier alpha value is -2.14. The van der Waals surface area contributed by atoms with Crippen molar-refractivity contribution in [3.63, 3.8) is 0 Å². The lowest BCUT2D eigenvalue weighted by molar-refractivity contribution is 1.27. The van der Waals surface area contributed by atoms with Gasteiger partial charge >= 0.3 is 0 Å². The van der Waals surface area contributed by atoms with Crippen LogP contribution in [0.15, 0.2) is 47.5 Å². The number of rotatable bonds is 0. The molecular formula is C17H19BrN4. The van der Waals surface area contributed by atoms with Crippen LogP contribution in [0, 0.1) is 13.8 Å². The summed E-state index contributed by atoms with van der Waals surface area (Å²) < 4.78 is 0.790. The standard InChI is InChI=1S/C8H7BrN2.C8H8N2.CH4/c1-5-2-3-6-7(4-5)11-8(9)10-6;1-6-2-3-7-8(4-6)10-5-9-7;/h2-4H,1H3,(H,10,11);2-5H,1H3,(H,9,10);1H4. The van der Waals surface area contributed by atoms with E-state index >= 15 is 0 Å². The van der Waals surface area contributed by atoms with Crippen molar-refractivity contribution in [2.24, 2.45) is 0 Å². The van der Waals surface area contributed by atoms with Gasteiger partial charge in [-0.25, -0.2) is 9.97 Å². The quantitative estimate of drug-likeness (QED) is 0.457. The molecule has 0 aliphatic carbocycles. The number of nitrogens with one attached hydrogen (secondary N) is 2. The minimum Gasteiger partial charge on any atom is -0.345 e. The van der Waals surface area contributed by atoms with Crippen LogP contribution in [0.4, 0.5) is 0 Å². The fraction of sp³-hybridized carbons (Fsp3) is 0.176. The number of benzene rings is 2.